The first-order valence-electron chi connectivity index (χ1n) is 14.8. The molecule has 0 unspecified atom stereocenters. The summed E-state index contributed by atoms with van der Waals surface area (Å²) in [6, 6.07) is 56.8. The van der Waals surface area contributed by atoms with Gasteiger partial charge in [0.15, 0.2) is 0 Å². The van der Waals surface area contributed by atoms with Gasteiger partial charge in [0.25, 0.3) is 0 Å². The highest BCUT2D eigenvalue weighted by atomic mass is 16.3. The third kappa shape index (κ3) is 3.65. The second-order valence-electron chi connectivity index (χ2n) is 11.2. The topological polar surface area (TPSA) is 13.1 Å². The highest BCUT2D eigenvalue weighted by Gasteiger charge is 2.19. The Kier molecular flexibility index (Phi) is 5.27. The summed E-state index contributed by atoms with van der Waals surface area (Å²) in [7, 11) is 0. The minimum absolute atomic E-state index is 0.922. The molecule has 9 aromatic rings. The molecule has 1 heterocycles. The molecule has 0 saturated carbocycles. The molecule has 0 N–H and O–H groups in total. The molecule has 0 saturated heterocycles. The van der Waals surface area contributed by atoms with E-state index in [1.54, 1.807) is 0 Å². The second kappa shape index (κ2) is 9.44. The van der Waals surface area contributed by atoms with Crippen molar-refractivity contribution < 1.29 is 4.42 Å². The van der Waals surface area contributed by atoms with E-state index in [1.807, 2.05) is 12.1 Å². The van der Waals surface area contributed by atoms with E-state index in [-0.39, 0.29) is 0 Å². The molecule has 0 bridgehead atoms. The quantitative estimate of drug-likeness (QED) is 0.159. The minimum atomic E-state index is 0.922. The zero-order chi connectivity index (χ0) is 28.3. The Labute approximate surface area is 249 Å². The van der Waals surface area contributed by atoms with Crippen LogP contribution in [0.2, 0.25) is 0 Å². The summed E-state index contributed by atoms with van der Waals surface area (Å²) in [5.74, 6) is 0. The maximum absolute atomic E-state index is 6.36. The lowest BCUT2D eigenvalue weighted by molar-refractivity contribution is 0.670. The van der Waals surface area contributed by atoms with Gasteiger partial charge in [0.05, 0.1) is 0 Å². The molecule has 9 rings (SSSR count). The van der Waals surface area contributed by atoms with Crippen molar-refractivity contribution in [3.8, 4) is 33.4 Å². The lowest BCUT2D eigenvalue weighted by Crippen LogP contribution is -1.92. The number of para-hydroxylation sites is 2. The van der Waals surface area contributed by atoms with Crippen molar-refractivity contribution in [3.05, 3.63) is 158 Å². The van der Waals surface area contributed by atoms with Crippen LogP contribution in [0, 0.1) is 0 Å². The minimum Gasteiger partial charge on any atom is -0.455 e. The normalized spacial score (nSPS) is 11.7. The van der Waals surface area contributed by atoms with Gasteiger partial charge in [0, 0.05) is 16.3 Å². The Bertz CT molecular complexity index is 2480. The zero-order valence-corrected chi connectivity index (χ0v) is 23.4. The lowest BCUT2D eigenvalue weighted by atomic mass is 9.84. The molecule has 1 aromatic heterocycles. The van der Waals surface area contributed by atoms with Crippen LogP contribution in [0.4, 0.5) is 0 Å². The van der Waals surface area contributed by atoms with Crippen molar-refractivity contribution in [3.63, 3.8) is 0 Å². The summed E-state index contributed by atoms with van der Waals surface area (Å²) in [4.78, 5) is 0. The molecule has 43 heavy (non-hydrogen) atoms. The Morgan fingerprint density at radius 3 is 1.74 bits per heavy atom. The van der Waals surface area contributed by atoms with Crippen molar-refractivity contribution in [1.82, 2.24) is 0 Å². The van der Waals surface area contributed by atoms with Gasteiger partial charge in [-0.15, -0.1) is 0 Å². The maximum Gasteiger partial charge on any atom is 0.143 e. The van der Waals surface area contributed by atoms with E-state index in [2.05, 4.69) is 146 Å². The summed E-state index contributed by atoms with van der Waals surface area (Å²) >= 11 is 0. The van der Waals surface area contributed by atoms with Crippen LogP contribution in [0.25, 0.3) is 87.6 Å². The average molecular weight is 547 g/mol. The molecule has 0 atom stereocenters. The van der Waals surface area contributed by atoms with E-state index < -0.39 is 0 Å². The molecular weight excluding hydrogens is 520 g/mol. The highest BCUT2D eigenvalue weighted by molar-refractivity contribution is 6.28. The van der Waals surface area contributed by atoms with E-state index in [0.717, 1.165) is 33.1 Å². The average Bonchev–Trinajstić information content (AvgIpc) is 3.47. The number of benzene rings is 8. The number of furan rings is 1. The molecule has 0 radical (unpaired) electrons. The summed E-state index contributed by atoms with van der Waals surface area (Å²) in [6.45, 7) is 0. The Balaban J connectivity index is 1.32. The fourth-order valence-electron chi connectivity index (χ4n) is 6.95. The monoisotopic (exact) mass is 546 g/mol. The van der Waals surface area contributed by atoms with Gasteiger partial charge in [0.1, 0.15) is 11.2 Å². The van der Waals surface area contributed by atoms with Crippen LogP contribution in [-0.2, 0) is 0 Å². The molecule has 0 spiro atoms. The largest absolute Gasteiger partial charge is 0.455 e. The summed E-state index contributed by atoms with van der Waals surface area (Å²) in [5, 5.41) is 9.93. The van der Waals surface area contributed by atoms with Gasteiger partial charge in [0.2, 0.25) is 0 Å². The smallest absolute Gasteiger partial charge is 0.143 e. The standard InChI is InChI=1S/C42H26O/c1-2-12-29(13-3-1)40-35-17-7-6-16-34(35)39(37-26-25-27-11-4-5-14-31(27)41(37)40)30-23-21-28(22-24-30)32-18-10-19-36-33-15-8-9-20-38(33)43-42(32)36/h1-26H. The Hall–Kier alpha value is -5.66. The third-order valence-corrected chi connectivity index (χ3v) is 8.87. The SMILES string of the molecule is c1ccc(-c2c3ccccc3c(-c3ccc(-c4cccc5c4oc4ccccc45)cc3)c3ccc4ccccc4c23)cc1. The van der Waals surface area contributed by atoms with Crippen LogP contribution in [0.3, 0.4) is 0 Å². The van der Waals surface area contributed by atoms with E-state index in [9.17, 15) is 0 Å². The molecule has 0 aliphatic carbocycles. The van der Waals surface area contributed by atoms with Gasteiger partial charge >= 0.3 is 0 Å². The number of fused-ring (bicyclic) bond motifs is 7. The van der Waals surface area contributed by atoms with Gasteiger partial charge in [-0.05, 0) is 66.2 Å². The molecule has 0 amide bonds. The van der Waals surface area contributed by atoms with Crippen LogP contribution in [-0.4, -0.2) is 0 Å². The second-order valence-corrected chi connectivity index (χ2v) is 11.2. The first kappa shape index (κ1) is 24.0. The summed E-state index contributed by atoms with van der Waals surface area (Å²) in [5.41, 5.74) is 9.12. The molecule has 0 fully saturated rings. The zero-order valence-electron chi connectivity index (χ0n) is 23.4. The fourth-order valence-corrected chi connectivity index (χ4v) is 6.95. The number of hydrogen-bond acceptors (Lipinski definition) is 1. The Morgan fingerprint density at radius 2 is 0.930 bits per heavy atom. The van der Waals surface area contributed by atoms with Crippen molar-refractivity contribution in [2.75, 3.05) is 0 Å². The maximum atomic E-state index is 6.36. The molecule has 1 nitrogen and oxygen atoms in total. The van der Waals surface area contributed by atoms with Gasteiger partial charge < -0.3 is 4.42 Å². The van der Waals surface area contributed by atoms with Gasteiger partial charge in [-0.2, -0.15) is 0 Å². The van der Waals surface area contributed by atoms with Crippen LogP contribution in [0.1, 0.15) is 0 Å². The predicted molar refractivity (Wildman–Crippen MR) is 183 cm³/mol. The highest BCUT2D eigenvalue weighted by Crippen LogP contribution is 2.46. The van der Waals surface area contributed by atoms with Gasteiger partial charge in [-0.25, -0.2) is 0 Å². The Morgan fingerprint density at radius 1 is 0.326 bits per heavy atom. The van der Waals surface area contributed by atoms with E-state index in [4.69, 9.17) is 4.42 Å². The van der Waals surface area contributed by atoms with E-state index >= 15 is 0 Å². The first-order chi connectivity index (χ1) is 21.3. The van der Waals surface area contributed by atoms with Gasteiger partial charge in [-0.1, -0.05) is 152 Å². The lowest BCUT2D eigenvalue weighted by Gasteiger charge is -2.19. The van der Waals surface area contributed by atoms with Crippen LogP contribution in [0.5, 0.6) is 0 Å². The number of hydrogen-bond donors (Lipinski definition) is 0. The molecule has 1 heteroatoms. The van der Waals surface area contributed by atoms with Crippen LogP contribution >= 0.6 is 0 Å². The molecule has 0 aliphatic rings. The van der Waals surface area contributed by atoms with Crippen molar-refractivity contribution in [1.29, 1.82) is 0 Å². The summed E-state index contributed by atoms with van der Waals surface area (Å²) < 4.78 is 6.36. The van der Waals surface area contributed by atoms with Crippen LogP contribution < -0.4 is 0 Å². The molecule has 8 aromatic carbocycles. The van der Waals surface area contributed by atoms with E-state index in [1.165, 1.54) is 54.6 Å². The molecular formula is C42H26O. The van der Waals surface area contributed by atoms with Gasteiger partial charge in [-0.3, -0.25) is 0 Å². The third-order valence-electron chi connectivity index (χ3n) is 8.87. The fraction of sp³-hybridized carbons (Fsp3) is 0. The first-order valence-corrected chi connectivity index (χ1v) is 14.8. The van der Waals surface area contributed by atoms with Crippen molar-refractivity contribution in [2.24, 2.45) is 0 Å². The summed E-state index contributed by atoms with van der Waals surface area (Å²) in [6.07, 6.45) is 0. The van der Waals surface area contributed by atoms with Crippen LogP contribution in [0.15, 0.2) is 162 Å². The predicted octanol–water partition coefficient (Wildman–Crippen LogP) is 12.0. The van der Waals surface area contributed by atoms with Crippen molar-refractivity contribution in [2.45, 2.75) is 0 Å². The molecule has 200 valence electrons. The van der Waals surface area contributed by atoms with Crippen molar-refractivity contribution >= 4 is 54.3 Å². The van der Waals surface area contributed by atoms with E-state index in [0.29, 0.717) is 0 Å². The number of rotatable bonds is 3. The molecule has 0 aliphatic heterocycles.